The lowest BCUT2D eigenvalue weighted by molar-refractivity contribution is -0.116. The number of pyridine rings is 1. The molecule has 0 bridgehead atoms. The number of nitrogens with one attached hydrogen (secondary N) is 3. The largest absolute Gasteiger partial charge is 0.494 e. The highest BCUT2D eigenvalue weighted by molar-refractivity contribution is 5.91. The predicted molar refractivity (Wildman–Crippen MR) is 96.9 cm³/mol. The topological polar surface area (TPSA) is 92.4 Å². The van der Waals surface area contributed by atoms with Crippen LogP contribution in [0.25, 0.3) is 0 Å². The molecular weight excluding hydrogens is 320 g/mol. The van der Waals surface area contributed by atoms with Gasteiger partial charge in [0.25, 0.3) is 0 Å². The van der Waals surface area contributed by atoms with Crippen molar-refractivity contribution < 1.29 is 14.3 Å². The number of hydrogen-bond donors (Lipinski definition) is 3. The Labute approximate surface area is 146 Å². The quantitative estimate of drug-likeness (QED) is 0.721. The summed E-state index contributed by atoms with van der Waals surface area (Å²) >= 11 is 0. The Morgan fingerprint density at radius 1 is 1.08 bits per heavy atom. The van der Waals surface area contributed by atoms with Crippen molar-refractivity contribution in [2.45, 2.75) is 20.3 Å². The Morgan fingerprint density at radius 2 is 1.84 bits per heavy atom. The van der Waals surface area contributed by atoms with Crippen LogP contribution in [-0.2, 0) is 4.79 Å². The predicted octanol–water partition coefficient (Wildman–Crippen LogP) is 2.94. The van der Waals surface area contributed by atoms with E-state index in [2.05, 4.69) is 20.9 Å². The van der Waals surface area contributed by atoms with Gasteiger partial charge in [0.2, 0.25) is 5.91 Å². The number of nitrogens with zero attached hydrogens (tertiary/aromatic N) is 1. The lowest BCUT2D eigenvalue weighted by Gasteiger charge is -2.09. The first kappa shape index (κ1) is 18.3. The van der Waals surface area contributed by atoms with Gasteiger partial charge in [-0.1, -0.05) is 6.07 Å². The van der Waals surface area contributed by atoms with Crippen molar-refractivity contribution >= 4 is 23.4 Å². The van der Waals surface area contributed by atoms with Crippen molar-refractivity contribution in [1.29, 1.82) is 0 Å². The summed E-state index contributed by atoms with van der Waals surface area (Å²) in [5.41, 5.74) is 1.67. The second-order valence-corrected chi connectivity index (χ2v) is 5.36. The summed E-state index contributed by atoms with van der Waals surface area (Å²) in [5, 5.41) is 8.00. The maximum absolute atomic E-state index is 11.8. The molecule has 3 N–H and O–H groups in total. The fourth-order valence-corrected chi connectivity index (χ4v) is 2.01. The van der Waals surface area contributed by atoms with Gasteiger partial charge in [0.1, 0.15) is 11.6 Å². The molecule has 1 aromatic carbocycles. The van der Waals surface area contributed by atoms with Gasteiger partial charge in [0.15, 0.2) is 0 Å². The number of aryl methyl sites for hydroxylation is 1. The molecule has 0 fully saturated rings. The van der Waals surface area contributed by atoms with Crippen LogP contribution in [0.1, 0.15) is 18.9 Å². The molecule has 25 heavy (non-hydrogen) atoms. The minimum absolute atomic E-state index is 0.159. The molecule has 2 aromatic rings. The molecule has 2 rings (SSSR count). The third-order valence-corrected chi connectivity index (χ3v) is 3.24. The highest BCUT2D eigenvalue weighted by Crippen LogP contribution is 2.15. The third-order valence-electron chi connectivity index (χ3n) is 3.24. The number of carbonyl (C=O) groups excluding carboxylic acids is 2. The van der Waals surface area contributed by atoms with E-state index in [1.165, 1.54) is 0 Å². The highest BCUT2D eigenvalue weighted by atomic mass is 16.5. The number of amides is 3. The van der Waals surface area contributed by atoms with Crippen LogP contribution in [0.3, 0.4) is 0 Å². The van der Waals surface area contributed by atoms with Gasteiger partial charge in [0, 0.05) is 24.8 Å². The Balaban J connectivity index is 1.69. The Bertz CT molecular complexity index is 699. The molecule has 7 nitrogen and oxygen atoms in total. The first-order valence-electron chi connectivity index (χ1n) is 8.07. The number of rotatable bonds is 7. The standard InChI is InChI=1S/C18H22N4O3/c1-3-25-15-7-5-14(6-8-15)21-18(24)19-11-10-17(23)22-16-9-4-13(2)12-20-16/h4-9,12H,3,10-11H2,1-2H3,(H2,19,21,24)(H,20,22,23). The van der Waals surface area contributed by atoms with Gasteiger partial charge in [-0.05, 0) is 49.7 Å². The molecule has 0 spiro atoms. The van der Waals surface area contributed by atoms with Crippen molar-refractivity contribution in [3.8, 4) is 5.75 Å². The molecule has 0 saturated heterocycles. The van der Waals surface area contributed by atoms with Crippen LogP contribution in [0, 0.1) is 6.92 Å². The molecule has 0 saturated carbocycles. The van der Waals surface area contributed by atoms with Crippen LogP contribution in [-0.4, -0.2) is 30.1 Å². The molecular formula is C18H22N4O3. The summed E-state index contributed by atoms with van der Waals surface area (Å²) in [6.07, 6.45) is 1.84. The maximum Gasteiger partial charge on any atom is 0.319 e. The maximum atomic E-state index is 11.8. The Hall–Kier alpha value is -3.09. The van der Waals surface area contributed by atoms with E-state index in [0.717, 1.165) is 11.3 Å². The smallest absolute Gasteiger partial charge is 0.319 e. The van der Waals surface area contributed by atoms with E-state index in [1.807, 2.05) is 19.9 Å². The highest BCUT2D eigenvalue weighted by Gasteiger charge is 2.06. The average Bonchev–Trinajstić information content (AvgIpc) is 2.59. The van der Waals surface area contributed by atoms with Crippen molar-refractivity contribution in [2.24, 2.45) is 0 Å². The van der Waals surface area contributed by atoms with E-state index in [4.69, 9.17) is 4.74 Å². The van der Waals surface area contributed by atoms with E-state index in [9.17, 15) is 9.59 Å². The van der Waals surface area contributed by atoms with E-state index >= 15 is 0 Å². The average molecular weight is 342 g/mol. The van der Waals surface area contributed by atoms with Crippen molar-refractivity contribution in [3.63, 3.8) is 0 Å². The van der Waals surface area contributed by atoms with Crippen LogP contribution in [0.4, 0.5) is 16.3 Å². The Morgan fingerprint density at radius 3 is 2.48 bits per heavy atom. The van der Waals surface area contributed by atoms with Crippen LogP contribution < -0.4 is 20.7 Å². The lowest BCUT2D eigenvalue weighted by atomic mass is 10.3. The number of ether oxygens (including phenoxy) is 1. The second kappa shape index (κ2) is 9.27. The van der Waals surface area contributed by atoms with Crippen molar-refractivity contribution in [2.75, 3.05) is 23.8 Å². The fraction of sp³-hybridized carbons (Fsp3) is 0.278. The first-order chi connectivity index (χ1) is 12.1. The van der Waals surface area contributed by atoms with E-state index in [-0.39, 0.29) is 24.9 Å². The molecule has 7 heteroatoms. The summed E-state index contributed by atoms with van der Waals surface area (Å²) in [5.74, 6) is 1.03. The number of benzene rings is 1. The molecule has 0 aliphatic carbocycles. The van der Waals surface area contributed by atoms with Crippen LogP contribution >= 0.6 is 0 Å². The summed E-state index contributed by atoms with van der Waals surface area (Å²) in [7, 11) is 0. The van der Waals surface area contributed by atoms with Crippen molar-refractivity contribution in [1.82, 2.24) is 10.3 Å². The third kappa shape index (κ3) is 6.50. The number of urea groups is 1. The zero-order valence-corrected chi connectivity index (χ0v) is 14.3. The summed E-state index contributed by atoms with van der Waals surface area (Å²) in [6, 6.07) is 10.3. The van der Waals surface area contributed by atoms with Gasteiger partial charge in [-0.3, -0.25) is 4.79 Å². The number of hydrogen-bond acceptors (Lipinski definition) is 4. The van der Waals surface area contributed by atoms with Crippen LogP contribution in [0.15, 0.2) is 42.6 Å². The normalized spacial score (nSPS) is 10.0. The number of anilines is 2. The van der Waals surface area contributed by atoms with Crippen molar-refractivity contribution in [3.05, 3.63) is 48.2 Å². The van der Waals surface area contributed by atoms with Crippen LogP contribution in [0.2, 0.25) is 0 Å². The lowest BCUT2D eigenvalue weighted by Crippen LogP contribution is -2.31. The molecule has 1 heterocycles. The van der Waals surface area contributed by atoms with Gasteiger partial charge in [-0.15, -0.1) is 0 Å². The summed E-state index contributed by atoms with van der Waals surface area (Å²) in [4.78, 5) is 27.7. The Kier molecular flexibility index (Phi) is 6.76. The molecule has 0 atom stereocenters. The number of aromatic nitrogens is 1. The molecule has 1 aromatic heterocycles. The van der Waals surface area contributed by atoms with Gasteiger partial charge < -0.3 is 20.7 Å². The molecule has 0 unspecified atom stereocenters. The fourth-order valence-electron chi connectivity index (χ4n) is 2.01. The van der Waals surface area contributed by atoms with Gasteiger partial charge in [-0.25, -0.2) is 9.78 Å². The molecule has 0 aliphatic heterocycles. The van der Waals surface area contributed by atoms with E-state index in [1.54, 1.807) is 36.5 Å². The zero-order valence-electron chi connectivity index (χ0n) is 14.3. The molecule has 132 valence electrons. The summed E-state index contributed by atoms with van der Waals surface area (Å²) < 4.78 is 5.33. The molecule has 3 amide bonds. The monoisotopic (exact) mass is 342 g/mol. The van der Waals surface area contributed by atoms with E-state index in [0.29, 0.717) is 18.1 Å². The van der Waals surface area contributed by atoms with Gasteiger partial charge in [0.05, 0.1) is 6.61 Å². The SMILES string of the molecule is CCOc1ccc(NC(=O)NCCC(=O)Nc2ccc(C)cn2)cc1. The van der Waals surface area contributed by atoms with Gasteiger partial charge >= 0.3 is 6.03 Å². The number of carbonyl (C=O) groups is 2. The second-order valence-electron chi connectivity index (χ2n) is 5.36. The first-order valence-corrected chi connectivity index (χ1v) is 8.07. The summed E-state index contributed by atoms with van der Waals surface area (Å²) in [6.45, 7) is 4.64. The van der Waals surface area contributed by atoms with E-state index < -0.39 is 0 Å². The minimum Gasteiger partial charge on any atom is -0.494 e. The minimum atomic E-state index is -0.370. The zero-order chi connectivity index (χ0) is 18.1. The molecule has 0 aliphatic rings. The molecule has 0 radical (unpaired) electrons. The van der Waals surface area contributed by atoms with Crippen LogP contribution in [0.5, 0.6) is 5.75 Å². The van der Waals surface area contributed by atoms with Gasteiger partial charge in [-0.2, -0.15) is 0 Å².